The highest BCUT2D eigenvalue weighted by atomic mass is 35.5. The minimum Gasteiger partial charge on any atom is -0.507 e. The minimum absolute atomic E-state index is 0.103. The lowest BCUT2D eigenvalue weighted by Crippen LogP contribution is -2.14. The number of nitrogens with one attached hydrogen (secondary N) is 1. The van der Waals surface area contributed by atoms with Gasteiger partial charge >= 0.3 is 6.18 Å². The molecule has 0 aliphatic rings. The number of benzene rings is 3. The van der Waals surface area contributed by atoms with Crippen LogP contribution < -0.4 is 5.32 Å². The summed E-state index contributed by atoms with van der Waals surface area (Å²) in [6, 6.07) is 13.4. The Morgan fingerprint density at radius 1 is 0.964 bits per heavy atom. The number of hydrogen-bond acceptors (Lipinski definition) is 2. The molecule has 0 saturated heterocycles. The molecule has 0 atom stereocenters. The summed E-state index contributed by atoms with van der Waals surface area (Å²) in [5, 5.41) is 12.7. The lowest BCUT2D eigenvalue weighted by molar-refractivity contribution is -0.137. The summed E-state index contributed by atoms with van der Waals surface area (Å²) in [6.45, 7) is 0. The maximum atomic E-state index is 13.3. The number of carbonyl (C=O) groups excluding carboxylic acids is 1. The number of halogens is 5. The van der Waals surface area contributed by atoms with Crippen molar-refractivity contribution < 1.29 is 23.1 Å². The number of hydrogen-bond donors (Lipinski definition) is 2. The van der Waals surface area contributed by atoms with Gasteiger partial charge in [0.1, 0.15) is 5.75 Å². The summed E-state index contributed by atoms with van der Waals surface area (Å²) in [6.07, 6.45) is -4.63. The van der Waals surface area contributed by atoms with Gasteiger partial charge in [-0.15, -0.1) is 0 Å². The number of amides is 1. The maximum absolute atomic E-state index is 13.3. The highest BCUT2D eigenvalue weighted by Gasteiger charge is 2.31. The van der Waals surface area contributed by atoms with Gasteiger partial charge in [0.05, 0.1) is 11.1 Å². The molecule has 0 heterocycles. The molecule has 0 bridgehead atoms. The van der Waals surface area contributed by atoms with Gasteiger partial charge in [-0.3, -0.25) is 4.79 Å². The molecule has 1 amide bonds. The van der Waals surface area contributed by atoms with Gasteiger partial charge in [0.15, 0.2) is 0 Å². The van der Waals surface area contributed by atoms with Crippen molar-refractivity contribution in [1.82, 2.24) is 0 Å². The van der Waals surface area contributed by atoms with Crippen LogP contribution in [0.25, 0.3) is 11.1 Å². The van der Waals surface area contributed by atoms with Crippen LogP contribution >= 0.6 is 23.2 Å². The van der Waals surface area contributed by atoms with Crippen molar-refractivity contribution >= 4 is 34.8 Å². The molecule has 0 unspecified atom stereocenters. The molecular formula is C20H12Cl2F3NO2. The molecule has 0 fully saturated rings. The topological polar surface area (TPSA) is 49.3 Å². The molecule has 0 aliphatic carbocycles. The van der Waals surface area contributed by atoms with E-state index in [1.807, 2.05) is 0 Å². The van der Waals surface area contributed by atoms with Crippen LogP contribution in [0.3, 0.4) is 0 Å². The fourth-order valence-corrected chi connectivity index (χ4v) is 3.02. The normalized spacial score (nSPS) is 11.3. The number of alkyl halides is 3. The van der Waals surface area contributed by atoms with E-state index < -0.39 is 17.6 Å². The molecular weight excluding hydrogens is 414 g/mol. The molecule has 0 radical (unpaired) electrons. The summed E-state index contributed by atoms with van der Waals surface area (Å²) in [5.41, 5.74) is -0.642. The highest BCUT2D eigenvalue weighted by Crippen LogP contribution is 2.37. The predicted octanol–water partition coefficient (Wildman–Crippen LogP) is 6.64. The van der Waals surface area contributed by atoms with Gasteiger partial charge in [-0.1, -0.05) is 41.4 Å². The van der Waals surface area contributed by atoms with Crippen molar-refractivity contribution in [2.24, 2.45) is 0 Å². The van der Waals surface area contributed by atoms with Gasteiger partial charge in [-0.05, 0) is 48.0 Å². The molecule has 28 heavy (non-hydrogen) atoms. The van der Waals surface area contributed by atoms with Gasteiger partial charge in [-0.2, -0.15) is 13.2 Å². The second-order valence-electron chi connectivity index (χ2n) is 5.89. The van der Waals surface area contributed by atoms with Crippen LogP contribution in [0.4, 0.5) is 18.9 Å². The lowest BCUT2D eigenvalue weighted by atomic mass is 10.0. The molecule has 8 heteroatoms. The van der Waals surface area contributed by atoms with E-state index in [1.54, 1.807) is 24.3 Å². The third kappa shape index (κ3) is 4.40. The van der Waals surface area contributed by atoms with Gasteiger partial charge in [-0.25, -0.2) is 0 Å². The summed E-state index contributed by atoms with van der Waals surface area (Å²) in [4.78, 5) is 12.4. The van der Waals surface area contributed by atoms with Crippen LogP contribution in [0.1, 0.15) is 15.9 Å². The number of carbonyl (C=O) groups is 1. The van der Waals surface area contributed by atoms with Crippen LogP contribution in [0.2, 0.25) is 10.0 Å². The van der Waals surface area contributed by atoms with E-state index in [4.69, 9.17) is 23.2 Å². The predicted molar refractivity (Wildman–Crippen MR) is 103 cm³/mol. The van der Waals surface area contributed by atoms with E-state index in [2.05, 4.69) is 5.32 Å². The number of aromatic hydroxyl groups is 1. The molecule has 0 spiro atoms. The van der Waals surface area contributed by atoms with Gasteiger partial charge in [0.25, 0.3) is 5.91 Å². The fourth-order valence-electron chi connectivity index (χ4n) is 2.60. The Morgan fingerprint density at radius 3 is 2.36 bits per heavy atom. The Bertz CT molecular complexity index is 1050. The second-order valence-corrected chi connectivity index (χ2v) is 6.74. The van der Waals surface area contributed by atoms with Crippen LogP contribution in [0.15, 0.2) is 60.7 Å². The summed E-state index contributed by atoms with van der Waals surface area (Å²) < 4.78 is 40.0. The lowest BCUT2D eigenvalue weighted by Gasteiger charge is -2.14. The molecule has 3 rings (SSSR count). The zero-order valence-electron chi connectivity index (χ0n) is 14.0. The van der Waals surface area contributed by atoms with E-state index in [9.17, 15) is 23.1 Å². The Morgan fingerprint density at radius 2 is 1.68 bits per heavy atom. The average molecular weight is 426 g/mol. The fraction of sp³-hybridized carbons (Fsp3) is 0.0500. The van der Waals surface area contributed by atoms with Crippen molar-refractivity contribution in [2.75, 3.05) is 5.32 Å². The number of rotatable bonds is 3. The Kier molecular flexibility index (Phi) is 5.54. The van der Waals surface area contributed by atoms with Crippen molar-refractivity contribution in [2.45, 2.75) is 6.18 Å². The molecule has 0 saturated carbocycles. The van der Waals surface area contributed by atoms with Crippen LogP contribution in [-0.2, 0) is 6.18 Å². The summed E-state index contributed by atoms with van der Waals surface area (Å²) >= 11 is 11.9. The number of phenolic OH excluding ortho intramolecular Hbond substituents is 1. The van der Waals surface area contributed by atoms with E-state index in [0.29, 0.717) is 5.56 Å². The van der Waals surface area contributed by atoms with Gasteiger partial charge < -0.3 is 10.4 Å². The zero-order valence-corrected chi connectivity index (χ0v) is 15.5. The van der Waals surface area contributed by atoms with Crippen LogP contribution in [-0.4, -0.2) is 11.0 Å². The Hall–Kier alpha value is -2.70. The third-order valence-corrected chi connectivity index (χ3v) is 4.47. The first kappa shape index (κ1) is 20.0. The summed E-state index contributed by atoms with van der Waals surface area (Å²) in [5.74, 6) is -1.15. The van der Waals surface area contributed by atoms with E-state index in [-0.39, 0.29) is 32.6 Å². The van der Waals surface area contributed by atoms with Crippen LogP contribution in [0, 0.1) is 0 Å². The Balaban J connectivity index is 2.05. The minimum atomic E-state index is -4.63. The van der Waals surface area contributed by atoms with Crippen molar-refractivity contribution in [3.63, 3.8) is 0 Å². The molecule has 0 aromatic heterocycles. The number of phenols is 1. The Labute approximate surface area is 168 Å². The average Bonchev–Trinajstić information content (AvgIpc) is 2.63. The molecule has 3 nitrogen and oxygen atoms in total. The first-order valence-corrected chi connectivity index (χ1v) is 8.68. The van der Waals surface area contributed by atoms with E-state index in [1.165, 1.54) is 24.3 Å². The van der Waals surface area contributed by atoms with Gasteiger partial charge in [0.2, 0.25) is 0 Å². The van der Waals surface area contributed by atoms with Crippen molar-refractivity contribution in [3.05, 3.63) is 81.8 Å². The number of anilines is 1. The second kappa shape index (κ2) is 7.73. The summed E-state index contributed by atoms with van der Waals surface area (Å²) in [7, 11) is 0. The van der Waals surface area contributed by atoms with E-state index >= 15 is 0 Å². The first-order chi connectivity index (χ1) is 13.1. The monoisotopic (exact) mass is 425 g/mol. The molecule has 2 N–H and O–H groups in total. The quantitative estimate of drug-likeness (QED) is 0.494. The van der Waals surface area contributed by atoms with Crippen molar-refractivity contribution in [1.29, 1.82) is 0 Å². The molecule has 3 aromatic rings. The smallest absolute Gasteiger partial charge is 0.416 e. The first-order valence-electron chi connectivity index (χ1n) is 7.92. The zero-order chi connectivity index (χ0) is 20.5. The SMILES string of the molecule is O=C(Nc1cc(-c2ccccc2Cl)cc(C(F)(F)F)c1)c1cc(Cl)ccc1O. The highest BCUT2D eigenvalue weighted by molar-refractivity contribution is 6.33. The standard InChI is InChI=1S/C20H12Cl2F3NO2/c21-13-5-6-18(27)16(10-13)19(28)26-14-8-11(7-12(9-14)20(23,24)25)15-3-1-2-4-17(15)22/h1-10,27H,(H,26,28). The molecule has 144 valence electrons. The van der Waals surface area contributed by atoms with E-state index in [0.717, 1.165) is 12.1 Å². The largest absolute Gasteiger partial charge is 0.507 e. The molecule has 0 aliphatic heterocycles. The third-order valence-electron chi connectivity index (χ3n) is 3.91. The van der Waals surface area contributed by atoms with Crippen molar-refractivity contribution in [3.8, 4) is 16.9 Å². The van der Waals surface area contributed by atoms with Crippen LogP contribution in [0.5, 0.6) is 5.75 Å². The maximum Gasteiger partial charge on any atom is 0.416 e. The molecule has 3 aromatic carbocycles. The van der Waals surface area contributed by atoms with Gasteiger partial charge in [0, 0.05) is 21.3 Å².